The van der Waals surface area contributed by atoms with E-state index in [4.69, 9.17) is 4.74 Å². The molecule has 1 aromatic carbocycles. The fourth-order valence-corrected chi connectivity index (χ4v) is 3.57. The van der Waals surface area contributed by atoms with Crippen LogP contribution in [0.15, 0.2) is 29.8 Å². The van der Waals surface area contributed by atoms with Crippen LogP contribution in [0.3, 0.4) is 0 Å². The first kappa shape index (κ1) is 20.8. The van der Waals surface area contributed by atoms with Gasteiger partial charge in [-0.05, 0) is 68.5 Å². The van der Waals surface area contributed by atoms with Crippen molar-refractivity contribution in [2.45, 2.75) is 52.8 Å². The lowest BCUT2D eigenvalue weighted by Gasteiger charge is -2.14. The number of carbonyl (C=O) groups excluding carboxylic acids is 1. The number of rotatable bonds is 6. The summed E-state index contributed by atoms with van der Waals surface area (Å²) >= 11 is 0. The summed E-state index contributed by atoms with van der Waals surface area (Å²) in [4.78, 5) is 12.5. The third-order valence-corrected chi connectivity index (χ3v) is 5.38. The van der Waals surface area contributed by atoms with Crippen molar-refractivity contribution < 1.29 is 13.9 Å². The highest BCUT2D eigenvalue weighted by Gasteiger charge is 2.19. The molecule has 0 aliphatic carbocycles. The summed E-state index contributed by atoms with van der Waals surface area (Å²) in [7, 11) is 0. The number of aromatic nitrogens is 1. The van der Waals surface area contributed by atoms with Crippen LogP contribution in [0.2, 0.25) is 0 Å². The highest BCUT2D eigenvalue weighted by Crippen LogP contribution is 2.22. The maximum Gasteiger partial charge on any atom is 0.262 e. The minimum absolute atomic E-state index is 0.0231. The van der Waals surface area contributed by atoms with Gasteiger partial charge in [-0.15, -0.1) is 0 Å². The average Bonchev–Trinajstić information content (AvgIpc) is 3.30. The Balaban J connectivity index is 1.72. The van der Waals surface area contributed by atoms with Crippen LogP contribution in [0.25, 0.3) is 6.08 Å². The molecule has 1 unspecified atom stereocenters. The molecule has 1 amide bonds. The van der Waals surface area contributed by atoms with E-state index in [9.17, 15) is 14.4 Å². The first-order valence-corrected chi connectivity index (χ1v) is 9.82. The lowest BCUT2D eigenvalue weighted by atomic mass is 10.1. The number of hydrogen-bond donors (Lipinski definition) is 1. The van der Waals surface area contributed by atoms with Crippen molar-refractivity contribution >= 4 is 12.0 Å². The highest BCUT2D eigenvalue weighted by atomic mass is 19.1. The summed E-state index contributed by atoms with van der Waals surface area (Å²) in [5.41, 5.74) is 4.13. The van der Waals surface area contributed by atoms with Gasteiger partial charge in [0, 0.05) is 31.1 Å². The highest BCUT2D eigenvalue weighted by molar-refractivity contribution is 6.01. The van der Waals surface area contributed by atoms with Gasteiger partial charge < -0.3 is 14.6 Å². The largest absolute Gasteiger partial charge is 0.376 e. The summed E-state index contributed by atoms with van der Waals surface area (Å²) in [5.74, 6) is -0.788. The number of ether oxygens (including phenoxy) is 1. The van der Waals surface area contributed by atoms with Gasteiger partial charge in [-0.1, -0.05) is 12.1 Å². The van der Waals surface area contributed by atoms with Crippen LogP contribution in [0.5, 0.6) is 0 Å². The number of benzene rings is 1. The van der Waals surface area contributed by atoms with Gasteiger partial charge in [0.1, 0.15) is 17.5 Å². The molecule has 2 heterocycles. The number of carbonyl (C=O) groups is 1. The van der Waals surface area contributed by atoms with Crippen LogP contribution < -0.4 is 5.32 Å². The third-order valence-electron chi connectivity index (χ3n) is 5.38. The van der Waals surface area contributed by atoms with E-state index in [1.807, 2.05) is 26.0 Å². The molecule has 1 aliphatic rings. The van der Waals surface area contributed by atoms with E-state index in [1.165, 1.54) is 6.07 Å². The third kappa shape index (κ3) is 4.93. The molecule has 0 saturated carbocycles. The van der Waals surface area contributed by atoms with Crippen molar-refractivity contribution in [2.75, 3.05) is 6.61 Å². The van der Waals surface area contributed by atoms with Crippen molar-refractivity contribution in [3.05, 3.63) is 63.7 Å². The lowest BCUT2D eigenvalue weighted by molar-refractivity contribution is -0.117. The van der Waals surface area contributed by atoms with Gasteiger partial charge in [-0.3, -0.25) is 4.79 Å². The standard InChI is InChI=1S/C23H26FN3O2/c1-15-6-7-18(10-22(15)24)13-26-23(28)20(12-25)11-19-9-16(2)27(17(19)3)14-21-5-4-8-29-21/h6-7,9-11,21H,4-5,8,13-14H2,1-3H3,(H,26,28)/b20-11+. The Bertz CT molecular complexity index is 979. The first-order chi connectivity index (χ1) is 13.9. The van der Waals surface area contributed by atoms with Crippen LogP contribution in [-0.2, 0) is 22.6 Å². The number of nitrogens with zero attached hydrogens (tertiary/aromatic N) is 2. The predicted molar refractivity (Wildman–Crippen MR) is 109 cm³/mol. The van der Waals surface area contributed by atoms with Gasteiger partial charge in [0.2, 0.25) is 0 Å². The smallest absolute Gasteiger partial charge is 0.262 e. The van der Waals surface area contributed by atoms with E-state index in [2.05, 4.69) is 9.88 Å². The molecule has 1 aliphatic heterocycles. The molecule has 3 rings (SSSR count). The molecule has 1 atom stereocenters. The van der Waals surface area contributed by atoms with E-state index < -0.39 is 5.91 Å². The second kappa shape index (κ2) is 9.06. The Labute approximate surface area is 170 Å². The Kier molecular flexibility index (Phi) is 6.50. The molecule has 0 spiro atoms. The Morgan fingerprint density at radius 1 is 1.38 bits per heavy atom. The van der Waals surface area contributed by atoms with Crippen molar-refractivity contribution in [2.24, 2.45) is 0 Å². The van der Waals surface area contributed by atoms with Crippen LogP contribution in [0.1, 0.15) is 40.9 Å². The van der Waals surface area contributed by atoms with Gasteiger partial charge in [0.25, 0.3) is 5.91 Å². The molecule has 29 heavy (non-hydrogen) atoms. The number of aryl methyl sites for hydroxylation is 2. The average molecular weight is 395 g/mol. The monoisotopic (exact) mass is 395 g/mol. The fourth-order valence-electron chi connectivity index (χ4n) is 3.57. The summed E-state index contributed by atoms with van der Waals surface area (Å²) in [6, 6.07) is 8.77. The Hall–Kier alpha value is -2.91. The van der Waals surface area contributed by atoms with Gasteiger partial charge >= 0.3 is 0 Å². The molecule has 0 bridgehead atoms. The molecule has 1 aromatic heterocycles. The molecule has 0 radical (unpaired) electrons. The van der Waals surface area contributed by atoms with Crippen LogP contribution >= 0.6 is 0 Å². The number of amides is 1. The minimum atomic E-state index is -0.475. The SMILES string of the molecule is Cc1ccc(CNC(=O)/C(C#N)=C/c2cc(C)n(CC3CCCO3)c2C)cc1F. The summed E-state index contributed by atoms with van der Waals surface area (Å²) in [6.07, 6.45) is 3.96. The molecule has 152 valence electrons. The van der Waals surface area contributed by atoms with E-state index in [1.54, 1.807) is 25.1 Å². The van der Waals surface area contributed by atoms with Crippen LogP contribution in [-0.4, -0.2) is 23.2 Å². The van der Waals surface area contributed by atoms with Crippen molar-refractivity contribution in [3.8, 4) is 6.07 Å². The van der Waals surface area contributed by atoms with E-state index in [0.29, 0.717) is 11.1 Å². The second-order valence-electron chi connectivity index (χ2n) is 7.51. The summed E-state index contributed by atoms with van der Waals surface area (Å²) in [6.45, 7) is 7.42. The molecule has 1 saturated heterocycles. The first-order valence-electron chi connectivity index (χ1n) is 9.82. The number of nitriles is 1. The molecular formula is C23H26FN3O2. The topological polar surface area (TPSA) is 67.0 Å². The fraction of sp³-hybridized carbons (Fsp3) is 0.391. The van der Waals surface area contributed by atoms with Gasteiger partial charge in [0.05, 0.1) is 6.10 Å². The van der Waals surface area contributed by atoms with Crippen LogP contribution in [0.4, 0.5) is 4.39 Å². The summed E-state index contributed by atoms with van der Waals surface area (Å²) in [5, 5.41) is 12.2. The van der Waals surface area contributed by atoms with E-state index in [-0.39, 0.29) is 24.0 Å². The Morgan fingerprint density at radius 2 is 2.17 bits per heavy atom. The van der Waals surface area contributed by atoms with Crippen molar-refractivity contribution in [1.29, 1.82) is 5.26 Å². The zero-order valence-corrected chi connectivity index (χ0v) is 17.1. The Morgan fingerprint density at radius 3 is 2.83 bits per heavy atom. The lowest BCUT2D eigenvalue weighted by Crippen LogP contribution is -2.24. The van der Waals surface area contributed by atoms with Crippen molar-refractivity contribution in [1.82, 2.24) is 9.88 Å². The van der Waals surface area contributed by atoms with Gasteiger partial charge in [-0.2, -0.15) is 5.26 Å². The van der Waals surface area contributed by atoms with E-state index in [0.717, 1.165) is 42.9 Å². The number of hydrogen-bond acceptors (Lipinski definition) is 3. The van der Waals surface area contributed by atoms with E-state index >= 15 is 0 Å². The minimum Gasteiger partial charge on any atom is -0.376 e. The number of halogens is 1. The van der Waals surface area contributed by atoms with Gasteiger partial charge in [0.15, 0.2) is 0 Å². The quantitative estimate of drug-likeness (QED) is 0.595. The normalized spacial score (nSPS) is 16.7. The molecular weight excluding hydrogens is 369 g/mol. The zero-order chi connectivity index (χ0) is 21.0. The van der Waals surface area contributed by atoms with Gasteiger partial charge in [-0.25, -0.2) is 4.39 Å². The summed E-state index contributed by atoms with van der Waals surface area (Å²) < 4.78 is 21.6. The van der Waals surface area contributed by atoms with Crippen molar-refractivity contribution in [3.63, 3.8) is 0 Å². The number of nitrogens with one attached hydrogen (secondary N) is 1. The maximum absolute atomic E-state index is 13.7. The molecule has 1 fully saturated rings. The molecule has 6 heteroatoms. The zero-order valence-electron chi connectivity index (χ0n) is 17.1. The second-order valence-corrected chi connectivity index (χ2v) is 7.51. The molecule has 5 nitrogen and oxygen atoms in total. The van der Waals surface area contributed by atoms with Crippen LogP contribution in [0, 0.1) is 37.9 Å². The molecule has 1 N–H and O–H groups in total. The maximum atomic E-state index is 13.7. The predicted octanol–water partition coefficient (Wildman–Crippen LogP) is 3.95. The molecule has 2 aromatic rings.